The van der Waals surface area contributed by atoms with Crippen molar-refractivity contribution in [2.24, 2.45) is 11.3 Å². The third-order valence-corrected chi connectivity index (χ3v) is 2.99. The Morgan fingerprint density at radius 1 is 1.05 bits per heavy atom. The van der Waals surface area contributed by atoms with Gasteiger partial charge in [-0.25, -0.2) is 8.78 Å². The molecule has 0 amide bonds. The van der Waals surface area contributed by atoms with Crippen LogP contribution in [0.5, 0.6) is 0 Å². The molecule has 0 N–H and O–H groups in total. The lowest BCUT2D eigenvalue weighted by Crippen LogP contribution is -2.28. The van der Waals surface area contributed by atoms with Gasteiger partial charge in [0.2, 0.25) is 0 Å². The van der Waals surface area contributed by atoms with Gasteiger partial charge in [0.25, 0.3) is 5.92 Å². The molecule has 0 aromatic carbocycles. The lowest BCUT2D eigenvalue weighted by atomic mass is 9.88. The third-order valence-electron chi connectivity index (χ3n) is 2.99. The molecule has 19 heavy (non-hydrogen) atoms. The maximum Gasteiger partial charge on any atom is 0.268 e. The highest BCUT2D eigenvalue weighted by molar-refractivity contribution is 4.96. The first-order valence-electron chi connectivity index (χ1n) is 7.05. The summed E-state index contributed by atoms with van der Waals surface area (Å²) in [6.07, 6.45) is 4.13. The predicted octanol–water partition coefficient (Wildman–Crippen LogP) is 5.46. The second kappa shape index (κ2) is 6.83. The zero-order valence-electron chi connectivity index (χ0n) is 13.5. The van der Waals surface area contributed by atoms with Crippen molar-refractivity contribution >= 4 is 0 Å². The van der Waals surface area contributed by atoms with Crippen molar-refractivity contribution in [3.63, 3.8) is 0 Å². The van der Waals surface area contributed by atoms with E-state index in [0.29, 0.717) is 13.0 Å². The molecule has 0 saturated heterocycles. The number of hydrogen-bond acceptors (Lipinski definition) is 1. The lowest BCUT2D eigenvalue weighted by Gasteiger charge is -2.29. The zero-order chi connectivity index (χ0) is 15.3. The quantitative estimate of drug-likeness (QED) is 0.561. The molecule has 1 nitrogen and oxygen atoms in total. The van der Waals surface area contributed by atoms with Crippen LogP contribution in [0.1, 0.15) is 61.3 Å². The molecule has 0 bridgehead atoms. The van der Waals surface area contributed by atoms with Gasteiger partial charge in [-0.3, -0.25) is 0 Å². The van der Waals surface area contributed by atoms with E-state index in [9.17, 15) is 8.78 Å². The predicted molar refractivity (Wildman–Crippen MR) is 77.6 cm³/mol. The molecule has 0 spiro atoms. The number of alkyl halides is 2. The van der Waals surface area contributed by atoms with Gasteiger partial charge >= 0.3 is 0 Å². The van der Waals surface area contributed by atoms with Crippen LogP contribution >= 0.6 is 0 Å². The van der Waals surface area contributed by atoms with E-state index >= 15 is 0 Å². The molecule has 0 saturated carbocycles. The van der Waals surface area contributed by atoms with Gasteiger partial charge in [0.1, 0.15) is 0 Å². The average Bonchev–Trinajstić information content (AvgIpc) is 2.21. The summed E-state index contributed by atoms with van der Waals surface area (Å²) >= 11 is 0. The van der Waals surface area contributed by atoms with Crippen molar-refractivity contribution in [3.8, 4) is 0 Å². The minimum atomic E-state index is -2.70. The lowest BCUT2D eigenvalue weighted by molar-refractivity contribution is -0.0446. The molecule has 114 valence electrons. The fraction of sp³-hybridized carbons (Fsp3) is 0.875. The topological polar surface area (TPSA) is 9.23 Å². The second-order valence-corrected chi connectivity index (χ2v) is 7.34. The van der Waals surface area contributed by atoms with E-state index in [1.807, 2.05) is 20.8 Å². The van der Waals surface area contributed by atoms with Gasteiger partial charge in [0.05, 0.1) is 12.2 Å². The molecular weight excluding hydrogens is 246 g/mol. The first kappa shape index (κ1) is 18.6. The minimum absolute atomic E-state index is 0.00470. The number of ether oxygens (including phenoxy) is 1. The average molecular weight is 276 g/mol. The first-order chi connectivity index (χ1) is 8.36. The summed E-state index contributed by atoms with van der Waals surface area (Å²) in [7, 11) is 0. The molecule has 0 aromatic heterocycles. The smallest absolute Gasteiger partial charge is 0.268 e. The van der Waals surface area contributed by atoms with E-state index in [0.717, 1.165) is 12.5 Å². The maximum absolute atomic E-state index is 13.4. The van der Waals surface area contributed by atoms with Gasteiger partial charge < -0.3 is 4.74 Å². The van der Waals surface area contributed by atoms with Crippen molar-refractivity contribution in [2.45, 2.75) is 72.8 Å². The summed E-state index contributed by atoms with van der Waals surface area (Å²) < 4.78 is 32.5. The fourth-order valence-corrected chi connectivity index (χ4v) is 1.39. The van der Waals surface area contributed by atoms with E-state index in [2.05, 4.69) is 13.8 Å². The Morgan fingerprint density at radius 2 is 1.58 bits per heavy atom. The Kier molecular flexibility index (Phi) is 6.67. The van der Waals surface area contributed by atoms with E-state index in [4.69, 9.17) is 4.74 Å². The number of rotatable bonds is 7. The standard InChI is InChI=1S/C16H30F2O/c1-13(2)16(17,18)11-9-8-10-15(6,7)12-19-14(3,4)5/h9,11,13H,8,10,12H2,1-7H3. The van der Waals surface area contributed by atoms with Crippen LogP contribution < -0.4 is 0 Å². The number of hydrogen-bond donors (Lipinski definition) is 0. The zero-order valence-corrected chi connectivity index (χ0v) is 13.5. The van der Waals surface area contributed by atoms with Crippen LogP contribution in [-0.2, 0) is 4.74 Å². The maximum atomic E-state index is 13.4. The van der Waals surface area contributed by atoms with Crippen LogP contribution in [0, 0.1) is 11.3 Å². The van der Waals surface area contributed by atoms with Crippen LogP contribution in [0.25, 0.3) is 0 Å². The molecule has 0 heterocycles. The van der Waals surface area contributed by atoms with Gasteiger partial charge in [-0.05, 0) is 45.1 Å². The highest BCUT2D eigenvalue weighted by Crippen LogP contribution is 2.28. The highest BCUT2D eigenvalue weighted by atomic mass is 19.3. The molecular formula is C16H30F2O. The van der Waals surface area contributed by atoms with Crippen LogP contribution in [-0.4, -0.2) is 18.1 Å². The van der Waals surface area contributed by atoms with E-state index < -0.39 is 11.8 Å². The Hall–Kier alpha value is -0.440. The summed E-state index contributed by atoms with van der Waals surface area (Å²) in [5.41, 5.74) is -0.150. The van der Waals surface area contributed by atoms with Crippen LogP contribution in [0.3, 0.4) is 0 Å². The molecule has 0 aromatic rings. The van der Waals surface area contributed by atoms with Crippen molar-refractivity contribution in [1.29, 1.82) is 0 Å². The molecule has 0 atom stereocenters. The summed E-state index contributed by atoms with van der Waals surface area (Å²) in [6, 6.07) is 0. The van der Waals surface area contributed by atoms with Crippen molar-refractivity contribution in [3.05, 3.63) is 12.2 Å². The molecule has 0 aliphatic rings. The van der Waals surface area contributed by atoms with Crippen molar-refractivity contribution in [1.82, 2.24) is 0 Å². The molecule has 3 heteroatoms. The van der Waals surface area contributed by atoms with Gasteiger partial charge in [0.15, 0.2) is 0 Å². The van der Waals surface area contributed by atoms with Crippen molar-refractivity contribution in [2.75, 3.05) is 6.61 Å². The molecule has 0 aliphatic heterocycles. The van der Waals surface area contributed by atoms with Gasteiger partial charge in [-0.15, -0.1) is 0 Å². The van der Waals surface area contributed by atoms with Crippen LogP contribution in [0.15, 0.2) is 12.2 Å². The van der Waals surface area contributed by atoms with Crippen LogP contribution in [0.2, 0.25) is 0 Å². The van der Waals surface area contributed by atoms with E-state index in [1.54, 1.807) is 6.08 Å². The van der Waals surface area contributed by atoms with Gasteiger partial charge in [-0.2, -0.15) is 0 Å². The Balaban J connectivity index is 4.15. The Bertz CT molecular complexity index is 286. The number of halogens is 2. The summed E-state index contributed by atoms with van der Waals surface area (Å²) in [5, 5.41) is 0. The van der Waals surface area contributed by atoms with E-state index in [-0.39, 0.29) is 11.0 Å². The van der Waals surface area contributed by atoms with Gasteiger partial charge in [0, 0.05) is 5.92 Å². The normalized spacial score (nSPS) is 14.6. The molecule has 0 rings (SSSR count). The SMILES string of the molecule is CC(C)C(F)(F)C=CCCC(C)(C)COC(C)(C)C. The minimum Gasteiger partial charge on any atom is -0.375 e. The highest BCUT2D eigenvalue weighted by Gasteiger charge is 2.29. The second-order valence-electron chi connectivity index (χ2n) is 7.34. The Labute approximate surface area is 117 Å². The monoisotopic (exact) mass is 276 g/mol. The molecule has 0 radical (unpaired) electrons. The van der Waals surface area contributed by atoms with Crippen molar-refractivity contribution < 1.29 is 13.5 Å². The largest absolute Gasteiger partial charge is 0.375 e. The molecule has 0 fully saturated rings. The van der Waals surface area contributed by atoms with E-state index in [1.165, 1.54) is 13.8 Å². The summed E-state index contributed by atoms with van der Waals surface area (Å²) in [6.45, 7) is 14.0. The fourth-order valence-electron chi connectivity index (χ4n) is 1.39. The van der Waals surface area contributed by atoms with Crippen LogP contribution in [0.4, 0.5) is 8.78 Å². The molecule has 0 aliphatic carbocycles. The first-order valence-corrected chi connectivity index (χ1v) is 7.05. The number of allylic oxidation sites excluding steroid dienone is 2. The van der Waals surface area contributed by atoms with Gasteiger partial charge in [-0.1, -0.05) is 33.8 Å². The summed E-state index contributed by atoms with van der Waals surface area (Å²) in [4.78, 5) is 0. The summed E-state index contributed by atoms with van der Waals surface area (Å²) in [5.74, 6) is -3.35. The Morgan fingerprint density at radius 3 is 2.00 bits per heavy atom. The molecule has 0 unspecified atom stereocenters. The third kappa shape index (κ3) is 9.15.